The molecule has 188 valence electrons. The van der Waals surface area contributed by atoms with Gasteiger partial charge in [-0.25, -0.2) is 8.42 Å². The van der Waals surface area contributed by atoms with Gasteiger partial charge in [-0.2, -0.15) is 4.37 Å². The molecule has 1 aliphatic rings. The van der Waals surface area contributed by atoms with E-state index in [2.05, 4.69) is 34.6 Å². The Bertz CT molecular complexity index is 1480. The minimum Gasteiger partial charge on any atom is -0.367 e. The average molecular weight is 543 g/mol. The Morgan fingerprint density at radius 1 is 1.28 bits per heavy atom. The fourth-order valence-corrected chi connectivity index (χ4v) is 5.27. The normalized spacial score (nSPS) is 16.1. The number of allylic oxidation sites excluding steroid dienone is 4. The van der Waals surface area contributed by atoms with E-state index in [1.54, 1.807) is 6.08 Å². The predicted octanol–water partition coefficient (Wildman–Crippen LogP) is 5.05. The molecule has 0 saturated carbocycles. The largest absolute Gasteiger partial charge is 0.367 e. The van der Waals surface area contributed by atoms with Gasteiger partial charge in [-0.05, 0) is 58.4 Å². The Balaban J connectivity index is 1.38. The SMILES string of the molecule is C=C(/C=C\C1=CC(CC)c2cc([C@H](N)C(=O)NCCNc3nsc4ccccc34)ccc21)S(=O)(=O)Cl. The number of benzene rings is 2. The first-order valence-electron chi connectivity index (χ1n) is 11.5. The van der Waals surface area contributed by atoms with E-state index in [0.29, 0.717) is 13.1 Å². The lowest BCUT2D eigenvalue weighted by Gasteiger charge is -2.16. The summed E-state index contributed by atoms with van der Waals surface area (Å²) in [6.45, 7) is 6.49. The molecule has 4 rings (SSSR count). The van der Waals surface area contributed by atoms with Crippen molar-refractivity contribution in [3.8, 4) is 0 Å². The number of fused-ring (bicyclic) bond motifs is 2. The van der Waals surface area contributed by atoms with E-state index >= 15 is 0 Å². The van der Waals surface area contributed by atoms with Gasteiger partial charge in [0.1, 0.15) is 11.9 Å². The zero-order chi connectivity index (χ0) is 25.9. The monoisotopic (exact) mass is 542 g/mol. The van der Waals surface area contributed by atoms with Crippen LogP contribution in [0.3, 0.4) is 0 Å². The molecule has 0 aliphatic heterocycles. The molecule has 0 fully saturated rings. The highest BCUT2D eigenvalue weighted by molar-refractivity contribution is 8.16. The number of hydrogen-bond acceptors (Lipinski definition) is 7. The van der Waals surface area contributed by atoms with Crippen molar-refractivity contribution in [3.63, 3.8) is 0 Å². The Hall–Kier alpha value is -2.98. The molecule has 1 unspecified atom stereocenters. The van der Waals surface area contributed by atoms with Crippen LogP contribution in [0.1, 0.15) is 42.0 Å². The molecule has 1 aromatic heterocycles. The van der Waals surface area contributed by atoms with Gasteiger partial charge in [0.05, 0.1) is 9.61 Å². The van der Waals surface area contributed by atoms with Crippen molar-refractivity contribution in [1.29, 1.82) is 0 Å². The summed E-state index contributed by atoms with van der Waals surface area (Å²) in [4.78, 5) is 12.6. The third-order valence-corrected chi connectivity index (χ3v) is 8.29. The quantitative estimate of drug-likeness (QED) is 0.187. The van der Waals surface area contributed by atoms with Gasteiger partial charge in [0.2, 0.25) is 5.91 Å². The number of nitrogens with one attached hydrogen (secondary N) is 2. The van der Waals surface area contributed by atoms with Crippen LogP contribution in [0.2, 0.25) is 0 Å². The number of nitrogens with zero attached hydrogens (tertiary/aromatic N) is 1. The minimum absolute atomic E-state index is 0.132. The summed E-state index contributed by atoms with van der Waals surface area (Å²) < 4.78 is 28.4. The molecular formula is C26H27ClN4O3S2. The van der Waals surface area contributed by atoms with E-state index in [0.717, 1.165) is 44.6 Å². The Labute approximate surface area is 219 Å². The summed E-state index contributed by atoms with van der Waals surface area (Å²) in [5.74, 6) is 0.679. The van der Waals surface area contributed by atoms with Crippen molar-refractivity contribution in [2.75, 3.05) is 18.4 Å². The fraction of sp³-hybridized carbons (Fsp3) is 0.231. The topological polar surface area (TPSA) is 114 Å². The number of aromatic nitrogens is 1. The molecule has 2 atom stereocenters. The maximum Gasteiger partial charge on any atom is 0.260 e. The lowest BCUT2D eigenvalue weighted by molar-refractivity contribution is -0.122. The molecule has 1 aliphatic carbocycles. The van der Waals surface area contributed by atoms with Crippen LogP contribution in [-0.2, 0) is 13.8 Å². The summed E-state index contributed by atoms with van der Waals surface area (Å²) in [6.07, 6.45) is 6.01. The van der Waals surface area contributed by atoms with Gasteiger partial charge in [0.25, 0.3) is 9.05 Å². The summed E-state index contributed by atoms with van der Waals surface area (Å²) in [7, 11) is 1.49. The lowest BCUT2D eigenvalue weighted by Crippen LogP contribution is -2.36. The Morgan fingerprint density at radius 3 is 2.81 bits per heavy atom. The number of amides is 1. The number of hydrogen-bond donors (Lipinski definition) is 3. The number of carbonyl (C=O) groups excluding carboxylic acids is 1. The molecule has 4 N–H and O–H groups in total. The molecule has 0 bridgehead atoms. The molecule has 0 radical (unpaired) electrons. The molecule has 1 heterocycles. The maximum absolute atomic E-state index is 12.7. The highest BCUT2D eigenvalue weighted by atomic mass is 35.7. The third-order valence-electron chi connectivity index (χ3n) is 6.10. The van der Waals surface area contributed by atoms with E-state index in [9.17, 15) is 13.2 Å². The molecular weight excluding hydrogens is 516 g/mol. The van der Waals surface area contributed by atoms with Gasteiger partial charge in [-0.15, -0.1) is 0 Å². The van der Waals surface area contributed by atoms with Gasteiger partial charge in [0, 0.05) is 35.1 Å². The van der Waals surface area contributed by atoms with Gasteiger partial charge in [-0.3, -0.25) is 4.79 Å². The van der Waals surface area contributed by atoms with Crippen LogP contribution in [0.4, 0.5) is 5.82 Å². The predicted molar refractivity (Wildman–Crippen MR) is 149 cm³/mol. The number of halogens is 1. The van der Waals surface area contributed by atoms with E-state index in [1.807, 2.05) is 42.5 Å². The molecule has 3 aromatic rings. The van der Waals surface area contributed by atoms with Crippen molar-refractivity contribution in [3.05, 3.63) is 88.9 Å². The van der Waals surface area contributed by atoms with Crippen LogP contribution in [-0.4, -0.2) is 31.8 Å². The first-order chi connectivity index (χ1) is 17.2. The maximum atomic E-state index is 12.7. The summed E-state index contributed by atoms with van der Waals surface area (Å²) >= 11 is 1.43. The third kappa shape index (κ3) is 5.70. The number of carbonyl (C=O) groups is 1. The highest BCUT2D eigenvalue weighted by Gasteiger charge is 2.24. The first kappa shape index (κ1) is 26.1. The second-order valence-corrected chi connectivity index (χ2v) is 11.9. The number of rotatable bonds is 10. The van der Waals surface area contributed by atoms with Crippen LogP contribution >= 0.6 is 22.2 Å². The smallest absolute Gasteiger partial charge is 0.260 e. The standard InChI is InChI=1S/C26H27ClN4O3S2/c1-3-17-14-18(9-8-16(2)36(27,33)34)20-11-10-19(15-22(17)20)24(28)26(32)30-13-12-29-25-21-6-4-5-7-23(21)35-31-25/h4-11,14-15,17,24H,2-3,12-13,28H2,1H3,(H,29,31)(H,30,32)/b9-8-/t17?,24-/m0/s1. The first-order valence-corrected chi connectivity index (χ1v) is 14.6. The van der Waals surface area contributed by atoms with E-state index in [1.165, 1.54) is 17.6 Å². The second-order valence-electron chi connectivity index (χ2n) is 8.44. The van der Waals surface area contributed by atoms with Crippen molar-refractivity contribution < 1.29 is 13.2 Å². The van der Waals surface area contributed by atoms with Gasteiger partial charge in [0.15, 0.2) is 0 Å². The molecule has 0 saturated heterocycles. The lowest BCUT2D eigenvalue weighted by atomic mass is 9.93. The average Bonchev–Trinajstić information content (AvgIpc) is 3.44. The van der Waals surface area contributed by atoms with Crippen molar-refractivity contribution in [2.45, 2.75) is 25.3 Å². The van der Waals surface area contributed by atoms with Gasteiger partial charge < -0.3 is 16.4 Å². The molecule has 2 aromatic carbocycles. The zero-order valence-electron chi connectivity index (χ0n) is 19.7. The molecule has 1 amide bonds. The van der Waals surface area contributed by atoms with E-state index in [4.69, 9.17) is 16.4 Å². The van der Waals surface area contributed by atoms with Crippen LogP contribution in [0.15, 0.2) is 72.2 Å². The van der Waals surface area contributed by atoms with Crippen LogP contribution in [0.25, 0.3) is 15.7 Å². The second kappa shape index (κ2) is 11.0. The summed E-state index contributed by atoms with van der Waals surface area (Å²) in [6, 6.07) is 12.9. The molecule has 7 nitrogen and oxygen atoms in total. The van der Waals surface area contributed by atoms with E-state index < -0.39 is 15.1 Å². The van der Waals surface area contributed by atoms with Crippen LogP contribution < -0.4 is 16.4 Å². The van der Waals surface area contributed by atoms with Crippen LogP contribution in [0.5, 0.6) is 0 Å². The molecule has 0 spiro atoms. The number of anilines is 1. The summed E-state index contributed by atoms with van der Waals surface area (Å²) in [5.41, 5.74) is 9.90. The Morgan fingerprint density at radius 2 is 2.06 bits per heavy atom. The fourth-order valence-electron chi connectivity index (χ4n) is 4.13. The van der Waals surface area contributed by atoms with Crippen molar-refractivity contribution in [2.24, 2.45) is 5.73 Å². The highest BCUT2D eigenvalue weighted by Crippen LogP contribution is 2.39. The van der Waals surface area contributed by atoms with E-state index in [-0.39, 0.29) is 16.7 Å². The van der Waals surface area contributed by atoms with Crippen molar-refractivity contribution in [1.82, 2.24) is 9.69 Å². The zero-order valence-corrected chi connectivity index (χ0v) is 22.1. The van der Waals surface area contributed by atoms with Gasteiger partial charge >= 0.3 is 0 Å². The van der Waals surface area contributed by atoms with Gasteiger partial charge in [-0.1, -0.05) is 56.0 Å². The number of nitrogens with two attached hydrogens (primary N) is 1. The molecule has 36 heavy (non-hydrogen) atoms. The molecule has 10 heteroatoms. The minimum atomic E-state index is -3.86. The van der Waals surface area contributed by atoms with Crippen molar-refractivity contribution >= 4 is 58.6 Å². The van der Waals surface area contributed by atoms with Crippen LogP contribution in [0, 0.1) is 0 Å². The Kier molecular flexibility index (Phi) is 7.94. The summed E-state index contributed by atoms with van der Waals surface area (Å²) in [5, 5.41) is 7.21.